The number of aryl methyl sites for hydroxylation is 1. The van der Waals surface area contributed by atoms with Crippen LogP contribution in [0.1, 0.15) is 12.8 Å². The number of nitrogens with one attached hydrogen (secondary N) is 1. The van der Waals surface area contributed by atoms with Crippen LogP contribution < -0.4 is 11.3 Å². The third kappa shape index (κ3) is 2.75. The minimum Gasteiger partial charge on any atom is -0.369 e. The number of imidazole rings is 1. The van der Waals surface area contributed by atoms with Gasteiger partial charge in [-0.2, -0.15) is 13.8 Å². The molecule has 0 aromatic carbocycles. The summed E-state index contributed by atoms with van der Waals surface area (Å²) in [6, 6.07) is 0. The van der Waals surface area contributed by atoms with Crippen molar-refractivity contribution in [3.63, 3.8) is 0 Å². The first-order valence-corrected chi connectivity index (χ1v) is 8.36. The maximum atomic E-state index is 13.5. The van der Waals surface area contributed by atoms with Gasteiger partial charge in [0, 0.05) is 12.5 Å². The molecule has 23 heavy (non-hydrogen) atoms. The molecule has 9 nitrogen and oxygen atoms in total. The smallest absolute Gasteiger partial charge is 0.369 e. The summed E-state index contributed by atoms with van der Waals surface area (Å²) in [5.74, 6) is -1.92. The molecule has 0 radical (unpaired) electrons. The number of hydrogen-bond acceptors (Lipinski definition) is 5. The third-order valence-electron chi connectivity index (χ3n) is 3.99. The van der Waals surface area contributed by atoms with Gasteiger partial charge < -0.3 is 20.1 Å². The number of halogens is 2. The van der Waals surface area contributed by atoms with Gasteiger partial charge in [0.05, 0.1) is 6.33 Å². The number of fused-ring (bicyclic) bond motifs is 1. The zero-order valence-electron chi connectivity index (χ0n) is 11.7. The Morgan fingerprint density at radius 2 is 2.22 bits per heavy atom. The van der Waals surface area contributed by atoms with E-state index in [1.807, 2.05) is 0 Å². The van der Waals surface area contributed by atoms with Crippen LogP contribution in [0.2, 0.25) is 0 Å². The van der Waals surface area contributed by atoms with Crippen LogP contribution in [0, 0.1) is 11.8 Å². The predicted molar refractivity (Wildman–Crippen MR) is 75.8 cm³/mol. The lowest BCUT2D eigenvalue weighted by Gasteiger charge is -2.17. The lowest BCUT2D eigenvalue weighted by Crippen LogP contribution is -2.20. The molecule has 0 spiro atoms. The Bertz CT molecular complexity index is 860. The molecular formula is C11H14F2N5O4P. The van der Waals surface area contributed by atoms with E-state index >= 15 is 0 Å². The minimum absolute atomic E-state index is 0.0426. The van der Waals surface area contributed by atoms with Crippen LogP contribution in [-0.2, 0) is 11.1 Å². The van der Waals surface area contributed by atoms with Gasteiger partial charge in [0.1, 0.15) is 0 Å². The minimum atomic E-state index is -5.46. The van der Waals surface area contributed by atoms with Gasteiger partial charge in [-0.3, -0.25) is 14.3 Å². The lowest BCUT2D eigenvalue weighted by molar-refractivity contribution is 0.0309. The monoisotopic (exact) mass is 349 g/mol. The summed E-state index contributed by atoms with van der Waals surface area (Å²) in [5.41, 5.74) is 1.28. The maximum Gasteiger partial charge on any atom is 0.394 e. The van der Waals surface area contributed by atoms with Crippen molar-refractivity contribution < 1.29 is 23.1 Å². The Labute approximate surface area is 127 Å². The summed E-state index contributed by atoms with van der Waals surface area (Å²) in [6.07, 6.45) is 1.66. The van der Waals surface area contributed by atoms with Gasteiger partial charge in [-0.25, -0.2) is 4.98 Å². The number of anilines is 1. The van der Waals surface area contributed by atoms with Gasteiger partial charge >= 0.3 is 13.3 Å². The molecule has 2 heterocycles. The van der Waals surface area contributed by atoms with E-state index < -0.39 is 30.7 Å². The van der Waals surface area contributed by atoms with E-state index in [0.717, 1.165) is 0 Å². The van der Waals surface area contributed by atoms with Crippen LogP contribution >= 0.6 is 7.60 Å². The molecule has 3 rings (SSSR count). The topological polar surface area (TPSA) is 147 Å². The molecule has 0 amide bonds. The van der Waals surface area contributed by atoms with Crippen molar-refractivity contribution in [3.8, 4) is 0 Å². The summed E-state index contributed by atoms with van der Waals surface area (Å²) in [4.78, 5) is 39.2. The molecular weight excluding hydrogens is 335 g/mol. The number of aromatic amines is 1. The fourth-order valence-corrected chi connectivity index (χ4v) is 3.40. The Morgan fingerprint density at radius 1 is 1.52 bits per heavy atom. The highest BCUT2D eigenvalue weighted by atomic mass is 31.2. The molecule has 12 heteroatoms. The van der Waals surface area contributed by atoms with E-state index in [-0.39, 0.29) is 36.5 Å². The predicted octanol–water partition coefficient (Wildman–Crippen LogP) is 0.498. The van der Waals surface area contributed by atoms with Crippen LogP contribution in [0.5, 0.6) is 0 Å². The Hall–Kier alpha value is -1.84. The molecule has 0 unspecified atom stereocenters. The molecule has 0 aliphatic heterocycles. The molecule has 0 saturated heterocycles. The zero-order chi connectivity index (χ0) is 17.0. The number of alkyl halides is 2. The van der Waals surface area contributed by atoms with Gasteiger partial charge in [-0.15, -0.1) is 0 Å². The fourth-order valence-electron chi connectivity index (χ4n) is 2.65. The average Bonchev–Trinajstić information content (AvgIpc) is 3.10. The molecule has 1 saturated carbocycles. The van der Waals surface area contributed by atoms with E-state index in [9.17, 15) is 18.1 Å². The van der Waals surface area contributed by atoms with Crippen molar-refractivity contribution in [3.05, 3.63) is 16.7 Å². The molecule has 2 aromatic heterocycles. The fraction of sp³-hybridized carbons (Fsp3) is 0.545. The number of aromatic nitrogens is 4. The normalized spacial score (nSPS) is 21.7. The van der Waals surface area contributed by atoms with Gasteiger partial charge in [-0.05, 0) is 18.8 Å². The maximum absolute atomic E-state index is 13.5. The number of H-pyrrole nitrogens is 1. The largest absolute Gasteiger partial charge is 0.394 e. The Balaban J connectivity index is 1.72. The number of hydrogen-bond donors (Lipinski definition) is 4. The Morgan fingerprint density at radius 3 is 2.87 bits per heavy atom. The summed E-state index contributed by atoms with van der Waals surface area (Å²) in [6.45, 7) is 0.241. The summed E-state index contributed by atoms with van der Waals surface area (Å²) in [7, 11) is -5.46. The third-order valence-corrected chi connectivity index (χ3v) is 5.10. The van der Waals surface area contributed by atoms with Crippen molar-refractivity contribution in [1.82, 2.24) is 19.5 Å². The van der Waals surface area contributed by atoms with Crippen LogP contribution in [0.15, 0.2) is 11.1 Å². The van der Waals surface area contributed by atoms with Crippen molar-refractivity contribution in [2.75, 3.05) is 5.73 Å². The quantitative estimate of drug-likeness (QED) is 0.575. The zero-order valence-corrected chi connectivity index (χ0v) is 12.6. The molecule has 2 atom stereocenters. The highest BCUT2D eigenvalue weighted by Gasteiger charge is 2.63. The van der Waals surface area contributed by atoms with E-state index in [1.165, 1.54) is 10.9 Å². The molecule has 5 N–H and O–H groups in total. The van der Waals surface area contributed by atoms with E-state index in [1.54, 1.807) is 0 Å². The van der Waals surface area contributed by atoms with Crippen molar-refractivity contribution in [2.45, 2.75) is 25.1 Å². The molecule has 126 valence electrons. The van der Waals surface area contributed by atoms with Gasteiger partial charge in [0.25, 0.3) is 5.56 Å². The second-order valence-electron chi connectivity index (χ2n) is 5.58. The van der Waals surface area contributed by atoms with Gasteiger partial charge in [-0.1, -0.05) is 0 Å². The summed E-state index contributed by atoms with van der Waals surface area (Å²) in [5, 5.41) is 0. The van der Waals surface area contributed by atoms with Gasteiger partial charge in [0.15, 0.2) is 11.2 Å². The van der Waals surface area contributed by atoms with Crippen molar-refractivity contribution in [1.29, 1.82) is 0 Å². The van der Waals surface area contributed by atoms with Crippen molar-refractivity contribution in [2.24, 2.45) is 11.8 Å². The second-order valence-corrected chi connectivity index (χ2v) is 7.27. The number of nitrogen functional groups attached to an aromatic ring is 1. The first-order valence-electron chi connectivity index (χ1n) is 6.75. The van der Waals surface area contributed by atoms with E-state index in [2.05, 4.69) is 15.0 Å². The first-order chi connectivity index (χ1) is 10.6. The Kier molecular flexibility index (Phi) is 3.54. The number of rotatable bonds is 5. The molecule has 1 fully saturated rings. The summed E-state index contributed by atoms with van der Waals surface area (Å²) >= 11 is 0. The highest BCUT2D eigenvalue weighted by Crippen LogP contribution is 2.66. The number of nitrogens with two attached hydrogens (primary N) is 1. The van der Waals surface area contributed by atoms with Crippen LogP contribution in [0.4, 0.5) is 14.7 Å². The lowest BCUT2D eigenvalue weighted by atomic mass is 10.2. The van der Waals surface area contributed by atoms with E-state index in [0.29, 0.717) is 0 Å². The second kappa shape index (κ2) is 5.08. The standard InChI is InChI=1S/C11H14F2N5O4P/c12-11(13,23(20,21)22)6-3-5(6)1-2-18-4-15-7-8(18)16-10(14)17-9(7)19/h4-6H,1-3H2,(H2,20,21,22)(H3,14,16,17,19)/t5-,6-/m0/s1. The molecule has 1 aliphatic carbocycles. The number of nitrogens with zero attached hydrogens (tertiary/aromatic N) is 3. The van der Waals surface area contributed by atoms with Crippen molar-refractivity contribution >= 4 is 24.7 Å². The average molecular weight is 349 g/mol. The van der Waals surface area contributed by atoms with E-state index in [4.69, 9.17) is 15.5 Å². The van der Waals surface area contributed by atoms with Crippen LogP contribution in [0.3, 0.4) is 0 Å². The highest BCUT2D eigenvalue weighted by molar-refractivity contribution is 7.53. The SMILES string of the molecule is Nc1nc2c(ncn2CC[C@H]2C[C@@H]2C(F)(F)P(=O)(O)O)c(=O)[nH]1. The molecule has 2 aromatic rings. The molecule has 1 aliphatic rings. The van der Waals surface area contributed by atoms with Crippen LogP contribution in [-0.4, -0.2) is 35.0 Å². The summed E-state index contributed by atoms with van der Waals surface area (Å²) < 4.78 is 39.4. The molecule has 0 bridgehead atoms. The first kappa shape index (κ1) is 16.0. The van der Waals surface area contributed by atoms with Gasteiger partial charge in [0.2, 0.25) is 5.95 Å². The van der Waals surface area contributed by atoms with Crippen LogP contribution in [0.25, 0.3) is 11.2 Å².